The Kier molecular flexibility index (Phi) is 2.39. The van der Waals surface area contributed by atoms with Crippen LogP contribution in [0.1, 0.15) is 12.1 Å². The van der Waals surface area contributed by atoms with E-state index < -0.39 is 0 Å². The Morgan fingerprint density at radius 2 is 2.50 bits per heavy atom. The van der Waals surface area contributed by atoms with Crippen molar-refractivity contribution >= 4 is 0 Å². The molecular weight excluding hydrogens is 128 g/mol. The summed E-state index contributed by atoms with van der Waals surface area (Å²) in [5, 5.41) is 8.03. The molecule has 2 N–H and O–H groups in total. The SMILES string of the molecule is Cn1ncc(CCCN)n1. The molecule has 0 aromatic carbocycles. The van der Waals surface area contributed by atoms with Gasteiger partial charge in [-0.05, 0) is 19.4 Å². The van der Waals surface area contributed by atoms with Crippen molar-refractivity contribution in [2.24, 2.45) is 12.8 Å². The van der Waals surface area contributed by atoms with E-state index in [1.165, 1.54) is 0 Å². The third-order valence-corrected chi connectivity index (χ3v) is 1.28. The van der Waals surface area contributed by atoms with Gasteiger partial charge in [0.05, 0.1) is 11.9 Å². The number of rotatable bonds is 3. The van der Waals surface area contributed by atoms with Crippen LogP contribution in [-0.2, 0) is 13.5 Å². The van der Waals surface area contributed by atoms with Gasteiger partial charge in [-0.1, -0.05) is 0 Å². The molecule has 0 fully saturated rings. The molecule has 1 rings (SSSR count). The van der Waals surface area contributed by atoms with Gasteiger partial charge in [0.1, 0.15) is 0 Å². The Labute approximate surface area is 60.0 Å². The van der Waals surface area contributed by atoms with E-state index in [1.807, 2.05) is 7.05 Å². The third-order valence-electron chi connectivity index (χ3n) is 1.28. The first-order chi connectivity index (χ1) is 4.83. The molecule has 0 bridgehead atoms. The van der Waals surface area contributed by atoms with Crippen LogP contribution in [0.2, 0.25) is 0 Å². The maximum Gasteiger partial charge on any atom is 0.0827 e. The first-order valence-corrected chi connectivity index (χ1v) is 3.38. The molecule has 0 amide bonds. The summed E-state index contributed by atoms with van der Waals surface area (Å²) < 4.78 is 0. The molecule has 1 aromatic heterocycles. The van der Waals surface area contributed by atoms with Gasteiger partial charge in [0, 0.05) is 7.05 Å². The third kappa shape index (κ3) is 1.80. The summed E-state index contributed by atoms with van der Waals surface area (Å²) in [6, 6.07) is 0. The molecule has 0 aliphatic carbocycles. The number of aryl methyl sites for hydroxylation is 2. The lowest BCUT2D eigenvalue weighted by atomic mass is 10.2. The summed E-state index contributed by atoms with van der Waals surface area (Å²) in [6.45, 7) is 0.719. The highest BCUT2D eigenvalue weighted by Crippen LogP contribution is 1.93. The normalized spacial score (nSPS) is 10.2. The summed E-state index contributed by atoms with van der Waals surface area (Å²) in [6.07, 6.45) is 3.69. The average Bonchev–Trinajstić information content (AvgIpc) is 2.31. The highest BCUT2D eigenvalue weighted by atomic mass is 15.4. The monoisotopic (exact) mass is 140 g/mol. The Bertz CT molecular complexity index is 193. The van der Waals surface area contributed by atoms with E-state index in [-0.39, 0.29) is 0 Å². The summed E-state index contributed by atoms with van der Waals surface area (Å²) >= 11 is 0. The summed E-state index contributed by atoms with van der Waals surface area (Å²) in [5.74, 6) is 0. The molecule has 1 heterocycles. The van der Waals surface area contributed by atoms with E-state index in [0.29, 0.717) is 0 Å². The molecule has 0 radical (unpaired) electrons. The zero-order valence-corrected chi connectivity index (χ0v) is 6.12. The van der Waals surface area contributed by atoms with Gasteiger partial charge in [0.15, 0.2) is 0 Å². The van der Waals surface area contributed by atoms with Gasteiger partial charge in [0.2, 0.25) is 0 Å². The second-order valence-electron chi connectivity index (χ2n) is 2.22. The van der Waals surface area contributed by atoms with Crippen molar-refractivity contribution < 1.29 is 0 Å². The molecule has 0 spiro atoms. The minimum atomic E-state index is 0.719. The van der Waals surface area contributed by atoms with Crippen molar-refractivity contribution in [3.63, 3.8) is 0 Å². The smallest absolute Gasteiger partial charge is 0.0827 e. The molecule has 4 nitrogen and oxygen atoms in total. The lowest BCUT2D eigenvalue weighted by molar-refractivity contribution is 0.641. The van der Waals surface area contributed by atoms with Gasteiger partial charge in [0.25, 0.3) is 0 Å². The van der Waals surface area contributed by atoms with Crippen molar-refractivity contribution in [2.75, 3.05) is 6.54 Å². The van der Waals surface area contributed by atoms with Crippen LogP contribution >= 0.6 is 0 Å². The quantitative estimate of drug-likeness (QED) is 0.627. The van der Waals surface area contributed by atoms with Crippen molar-refractivity contribution in [2.45, 2.75) is 12.8 Å². The Balaban J connectivity index is 2.42. The van der Waals surface area contributed by atoms with Gasteiger partial charge >= 0.3 is 0 Å². The van der Waals surface area contributed by atoms with E-state index >= 15 is 0 Å². The van der Waals surface area contributed by atoms with Crippen molar-refractivity contribution in [1.82, 2.24) is 15.0 Å². The molecule has 4 heteroatoms. The van der Waals surface area contributed by atoms with Crippen LogP contribution in [0.3, 0.4) is 0 Å². The number of hydrogen-bond donors (Lipinski definition) is 1. The maximum absolute atomic E-state index is 5.33. The largest absolute Gasteiger partial charge is 0.330 e. The topological polar surface area (TPSA) is 56.7 Å². The lowest BCUT2D eigenvalue weighted by Gasteiger charge is -1.89. The Morgan fingerprint density at radius 1 is 1.70 bits per heavy atom. The fourth-order valence-electron chi connectivity index (χ4n) is 0.785. The predicted molar refractivity (Wildman–Crippen MR) is 38.4 cm³/mol. The van der Waals surface area contributed by atoms with Crippen LogP contribution < -0.4 is 5.73 Å². The van der Waals surface area contributed by atoms with Crippen LogP contribution in [0.15, 0.2) is 6.20 Å². The first kappa shape index (κ1) is 7.21. The van der Waals surface area contributed by atoms with E-state index in [1.54, 1.807) is 11.0 Å². The standard InChI is InChI=1S/C6H12N4/c1-10-8-5-6(9-10)3-2-4-7/h5H,2-4,7H2,1H3. The summed E-state index contributed by atoms with van der Waals surface area (Å²) in [7, 11) is 1.81. The molecule has 0 atom stereocenters. The minimum Gasteiger partial charge on any atom is -0.330 e. The molecule has 0 aliphatic rings. The fraction of sp³-hybridized carbons (Fsp3) is 0.667. The number of nitrogens with two attached hydrogens (primary N) is 1. The van der Waals surface area contributed by atoms with E-state index in [0.717, 1.165) is 25.1 Å². The van der Waals surface area contributed by atoms with Crippen molar-refractivity contribution in [1.29, 1.82) is 0 Å². The molecular formula is C6H12N4. The summed E-state index contributed by atoms with van der Waals surface area (Å²) in [5.41, 5.74) is 6.35. The lowest BCUT2D eigenvalue weighted by Crippen LogP contribution is -2.01. The van der Waals surface area contributed by atoms with Gasteiger partial charge in [-0.25, -0.2) is 0 Å². The van der Waals surface area contributed by atoms with Gasteiger partial charge in [-0.3, -0.25) is 0 Å². The first-order valence-electron chi connectivity index (χ1n) is 3.38. The molecule has 0 saturated heterocycles. The molecule has 0 saturated carbocycles. The zero-order chi connectivity index (χ0) is 7.40. The van der Waals surface area contributed by atoms with Crippen LogP contribution in [0.5, 0.6) is 0 Å². The Hall–Kier alpha value is -0.900. The average molecular weight is 140 g/mol. The fourth-order valence-corrected chi connectivity index (χ4v) is 0.785. The van der Waals surface area contributed by atoms with E-state index in [9.17, 15) is 0 Å². The van der Waals surface area contributed by atoms with Crippen molar-refractivity contribution in [3.8, 4) is 0 Å². The minimum absolute atomic E-state index is 0.719. The van der Waals surface area contributed by atoms with Crippen LogP contribution in [0.4, 0.5) is 0 Å². The van der Waals surface area contributed by atoms with Gasteiger partial charge in [-0.2, -0.15) is 15.0 Å². The highest BCUT2D eigenvalue weighted by molar-refractivity contribution is 4.90. The Morgan fingerprint density at radius 3 is 3.00 bits per heavy atom. The predicted octanol–water partition coefficient (Wildman–Crippen LogP) is -0.294. The van der Waals surface area contributed by atoms with Crippen LogP contribution in [0.25, 0.3) is 0 Å². The molecule has 56 valence electrons. The van der Waals surface area contributed by atoms with E-state index in [4.69, 9.17) is 5.73 Å². The van der Waals surface area contributed by atoms with Gasteiger partial charge < -0.3 is 5.73 Å². The highest BCUT2D eigenvalue weighted by Gasteiger charge is 1.94. The zero-order valence-electron chi connectivity index (χ0n) is 6.12. The number of hydrogen-bond acceptors (Lipinski definition) is 3. The number of aromatic nitrogens is 3. The second kappa shape index (κ2) is 3.31. The molecule has 1 aromatic rings. The van der Waals surface area contributed by atoms with E-state index in [2.05, 4.69) is 10.2 Å². The van der Waals surface area contributed by atoms with Crippen LogP contribution in [-0.4, -0.2) is 21.5 Å². The molecule has 0 unspecified atom stereocenters. The maximum atomic E-state index is 5.33. The number of nitrogens with zero attached hydrogens (tertiary/aromatic N) is 3. The van der Waals surface area contributed by atoms with Crippen molar-refractivity contribution in [3.05, 3.63) is 11.9 Å². The van der Waals surface area contributed by atoms with Crippen LogP contribution in [0, 0.1) is 0 Å². The molecule has 0 aliphatic heterocycles. The summed E-state index contributed by atoms with van der Waals surface area (Å²) in [4.78, 5) is 1.56. The second-order valence-corrected chi connectivity index (χ2v) is 2.22. The van der Waals surface area contributed by atoms with Gasteiger partial charge in [-0.15, -0.1) is 0 Å². The molecule has 10 heavy (non-hydrogen) atoms.